The molecule has 0 spiro atoms. The van der Waals surface area contributed by atoms with Crippen molar-refractivity contribution in [2.45, 2.75) is 51.1 Å². The highest BCUT2D eigenvalue weighted by Crippen LogP contribution is 2.29. The molecule has 0 radical (unpaired) electrons. The summed E-state index contributed by atoms with van der Waals surface area (Å²) in [5, 5.41) is 15.7. The second-order valence-corrected chi connectivity index (χ2v) is 11.7. The molecule has 0 aliphatic heterocycles. The summed E-state index contributed by atoms with van der Waals surface area (Å²) in [6.45, 7) is 0.0782. The smallest absolute Gasteiger partial charge is 0.242 e. The number of amidine groups is 1. The zero-order chi connectivity index (χ0) is 33.1. The van der Waals surface area contributed by atoms with Crippen molar-refractivity contribution in [3.8, 4) is 5.75 Å². The van der Waals surface area contributed by atoms with E-state index in [1.807, 2.05) is 30.3 Å². The number of nitrogens with two attached hydrogens (primary N) is 1. The summed E-state index contributed by atoms with van der Waals surface area (Å²) < 4.78 is 32.7. The van der Waals surface area contributed by atoms with Crippen LogP contribution in [0.3, 0.4) is 0 Å². The molecule has 2 atom stereocenters. The quantitative estimate of drug-likeness (QED) is 0.0566. The normalized spacial score (nSPS) is 14.5. The third-order valence-corrected chi connectivity index (χ3v) is 8.33. The third kappa shape index (κ3) is 9.74. The lowest BCUT2D eigenvalue weighted by Crippen LogP contribution is -2.55. The maximum atomic E-state index is 13.8. The zero-order valence-electron chi connectivity index (χ0n) is 25.3. The van der Waals surface area contributed by atoms with Gasteiger partial charge in [0.2, 0.25) is 17.7 Å². The van der Waals surface area contributed by atoms with Crippen LogP contribution in [-0.4, -0.2) is 42.8 Å². The van der Waals surface area contributed by atoms with Gasteiger partial charge in [-0.25, -0.2) is 8.78 Å². The van der Waals surface area contributed by atoms with Crippen LogP contribution < -0.4 is 26.4 Å². The van der Waals surface area contributed by atoms with Crippen molar-refractivity contribution in [3.63, 3.8) is 0 Å². The molecular formula is C34H38ClF2N5O4. The molecule has 1 aliphatic rings. The average Bonchev–Trinajstić information content (AvgIpc) is 3.06. The summed E-state index contributed by atoms with van der Waals surface area (Å²) in [6, 6.07) is 16.7. The average molecular weight is 654 g/mol. The highest BCUT2D eigenvalue weighted by molar-refractivity contribution is 6.32. The molecule has 0 saturated heterocycles. The van der Waals surface area contributed by atoms with E-state index in [4.69, 9.17) is 27.5 Å². The summed E-state index contributed by atoms with van der Waals surface area (Å²) in [4.78, 5) is 40.8. The summed E-state index contributed by atoms with van der Waals surface area (Å²) >= 11 is 5.86. The number of carbonyl (C=O) groups excluding carboxylic acids is 3. The highest BCUT2D eigenvalue weighted by Gasteiger charge is 2.35. The van der Waals surface area contributed by atoms with Gasteiger partial charge in [0.25, 0.3) is 0 Å². The first kappa shape index (κ1) is 34.4. The van der Waals surface area contributed by atoms with Gasteiger partial charge in [0.05, 0.1) is 6.54 Å². The van der Waals surface area contributed by atoms with Gasteiger partial charge in [-0.15, -0.1) is 0 Å². The van der Waals surface area contributed by atoms with E-state index in [0.717, 1.165) is 43.7 Å². The molecule has 3 aromatic rings. The lowest BCUT2D eigenvalue weighted by Gasteiger charge is -2.31. The van der Waals surface area contributed by atoms with Gasteiger partial charge in [-0.05, 0) is 36.3 Å². The molecule has 1 aliphatic carbocycles. The van der Waals surface area contributed by atoms with Gasteiger partial charge in [0.1, 0.15) is 46.8 Å². The first-order chi connectivity index (χ1) is 22.1. The molecule has 6 N–H and O–H groups in total. The van der Waals surface area contributed by atoms with E-state index in [0.29, 0.717) is 17.2 Å². The molecule has 4 rings (SSSR count). The SMILES string of the molecule is N=C(N)c1ccc(CC(C(=O)NCc2ccccc2)C(=O)N[C@H](C(=O)NCCOc2cc(F)cc(F)c2Cl)C2CCCCC2)cc1. The van der Waals surface area contributed by atoms with Crippen molar-refractivity contribution in [3.05, 3.63) is 100 Å². The summed E-state index contributed by atoms with van der Waals surface area (Å²) in [6.07, 6.45) is 4.34. The Morgan fingerprint density at radius 3 is 2.28 bits per heavy atom. The first-order valence-electron chi connectivity index (χ1n) is 15.2. The lowest BCUT2D eigenvalue weighted by atomic mass is 9.83. The van der Waals surface area contributed by atoms with Gasteiger partial charge >= 0.3 is 0 Å². The minimum Gasteiger partial charge on any atom is -0.490 e. The number of halogens is 3. The number of amides is 3. The van der Waals surface area contributed by atoms with Crippen molar-refractivity contribution in [1.82, 2.24) is 16.0 Å². The summed E-state index contributed by atoms with van der Waals surface area (Å²) in [7, 11) is 0. The van der Waals surface area contributed by atoms with E-state index in [1.54, 1.807) is 24.3 Å². The van der Waals surface area contributed by atoms with Gasteiger partial charge in [0, 0.05) is 24.2 Å². The first-order valence-corrected chi connectivity index (χ1v) is 15.6. The van der Waals surface area contributed by atoms with Crippen LogP contribution in [0.1, 0.15) is 48.8 Å². The van der Waals surface area contributed by atoms with Crippen LogP contribution in [0.5, 0.6) is 5.75 Å². The topological polar surface area (TPSA) is 146 Å². The molecule has 9 nitrogen and oxygen atoms in total. The summed E-state index contributed by atoms with van der Waals surface area (Å²) in [5.41, 5.74) is 7.64. The second kappa shape index (κ2) is 16.7. The van der Waals surface area contributed by atoms with Crippen LogP contribution in [0.4, 0.5) is 8.78 Å². The monoisotopic (exact) mass is 653 g/mol. The van der Waals surface area contributed by atoms with Crippen molar-refractivity contribution in [2.24, 2.45) is 17.6 Å². The van der Waals surface area contributed by atoms with Gasteiger partial charge in [0.15, 0.2) is 0 Å². The van der Waals surface area contributed by atoms with Crippen LogP contribution in [0.15, 0.2) is 66.7 Å². The number of benzene rings is 3. The minimum atomic E-state index is -1.15. The lowest BCUT2D eigenvalue weighted by molar-refractivity contribution is -0.138. The number of hydrogen-bond acceptors (Lipinski definition) is 5. The Morgan fingerprint density at radius 2 is 1.61 bits per heavy atom. The molecule has 244 valence electrons. The summed E-state index contributed by atoms with van der Waals surface area (Å²) in [5.74, 6) is -4.93. The van der Waals surface area contributed by atoms with E-state index >= 15 is 0 Å². The third-order valence-electron chi connectivity index (χ3n) is 7.97. The van der Waals surface area contributed by atoms with Crippen LogP contribution in [0.25, 0.3) is 0 Å². The Balaban J connectivity index is 1.47. The van der Waals surface area contributed by atoms with Crippen LogP contribution in [-0.2, 0) is 27.3 Å². The minimum absolute atomic E-state index is 0.0180. The fraction of sp³-hybridized carbons (Fsp3) is 0.353. The number of ether oxygens (including phenoxy) is 1. The standard InChI is InChI=1S/C34H38ClF2N5O4/c35-29-27(37)18-25(36)19-28(29)46-16-15-40-34(45)30(23-9-5-2-6-10-23)42-33(44)26(17-21-11-13-24(14-12-21)31(38)39)32(43)41-20-22-7-3-1-4-8-22/h1,3-4,7-8,11-14,18-19,23,26,30H,2,5-6,9-10,15-17,20H2,(H3,38,39)(H,40,45)(H,41,43)(H,42,44)/t26?,30-/m0/s1. The van der Waals surface area contributed by atoms with Gasteiger partial charge in [-0.2, -0.15) is 0 Å². The van der Waals surface area contributed by atoms with Gasteiger partial charge in [-0.1, -0.05) is 85.5 Å². The fourth-order valence-corrected chi connectivity index (χ4v) is 5.63. The van der Waals surface area contributed by atoms with E-state index < -0.39 is 41.3 Å². The van der Waals surface area contributed by atoms with Crippen LogP contribution in [0, 0.1) is 28.9 Å². The molecule has 0 heterocycles. The van der Waals surface area contributed by atoms with Crippen LogP contribution in [0.2, 0.25) is 5.02 Å². The Hall–Kier alpha value is -4.51. The van der Waals surface area contributed by atoms with Crippen LogP contribution >= 0.6 is 11.6 Å². The Bertz CT molecular complexity index is 1520. The molecule has 1 saturated carbocycles. The highest BCUT2D eigenvalue weighted by atomic mass is 35.5. The predicted molar refractivity (Wildman–Crippen MR) is 171 cm³/mol. The molecule has 12 heteroatoms. The van der Waals surface area contributed by atoms with E-state index in [2.05, 4.69) is 16.0 Å². The molecule has 0 bridgehead atoms. The Kier molecular flexibility index (Phi) is 12.5. The molecule has 0 aromatic heterocycles. The van der Waals surface area contributed by atoms with Crippen molar-refractivity contribution >= 4 is 35.2 Å². The predicted octanol–water partition coefficient (Wildman–Crippen LogP) is 4.64. The zero-order valence-corrected chi connectivity index (χ0v) is 26.0. The molecule has 3 aromatic carbocycles. The van der Waals surface area contributed by atoms with Crippen molar-refractivity contribution in [2.75, 3.05) is 13.2 Å². The number of nitrogens with one attached hydrogen (secondary N) is 4. The maximum Gasteiger partial charge on any atom is 0.242 e. The largest absolute Gasteiger partial charge is 0.490 e. The molecule has 1 fully saturated rings. The Labute approximate surface area is 271 Å². The number of nitrogen functional groups attached to an aromatic ring is 1. The van der Waals surface area contributed by atoms with Crippen molar-refractivity contribution < 1.29 is 27.9 Å². The fourth-order valence-electron chi connectivity index (χ4n) is 5.47. The maximum absolute atomic E-state index is 13.8. The van der Waals surface area contributed by atoms with E-state index in [-0.39, 0.29) is 48.6 Å². The van der Waals surface area contributed by atoms with E-state index in [1.165, 1.54) is 0 Å². The number of hydrogen-bond donors (Lipinski definition) is 5. The van der Waals surface area contributed by atoms with Gasteiger partial charge in [-0.3, -0.25) is 19.8 Å². The van der Waals surface area contributed by atoms with Crippen molar-refractivity contribution in [1.29, 1.82) is 5.41 Å². The molecule has 1 unspecified atom stereocenters. The molecule has 46 heavy (non-hydrogen) atoms. The molecule has 3 amide bonds. The van der Waals surface area contributed by atoms with E-state index in [9.17, 15) is 23.2 Å². The Morgan fingerprint density at radius 1 is 0.913 bits per heavy atom. The number of rotatable bonds is 14. The number of carbonyl (C=O) groups is 3. The second-order valence-electron chi connectivity index (χ2n) is 11.3. The molecular weight excluding hydrogens is 616 g/mol. The van der Waals surface area contributed by atoms with Gasteiger partial charge < -0.3 is 26.4 Å².